The van der Waals surface area contributed by atoms with Crippen molar-refractivity contribution < 1.29 is 22.0 Å². The average molecular weight is 429 g/mol. The van der Waals surface area contributed by atoms with Gasteiger partial charge in [0.2, 0.25) is 0 Å². The van der Waals surface area contributed by atoms with Crippen LogP contribution in [0.15, 0.2) is 72.8 Å². The van der Waals surface area contributed by atoms with Gasteiger partial charge in [-0.05, 0) is 59.5 Å². The zero-order valence-electron chi connectivity index (χ0n) is 16.3. The van der Waals surface area contributed by atoms with Crippen LogP contribution in [0.5, 0.6) is 0 Å². The first-order valence-corrected chi connectivity index (χ1v) is 11.3. The van der Waals surface area contributed by atoms with Crippen molar-refractivity contribution in [1.29, 1.82) is 0 Å². The van der Waals surface area contributed by atoms with Gasteiger partial charge in [0, 0.05) is 11.8 Å². The molecule has 0 spiro atoms. The monoisotopic (exact) mass is 429 g/mol. The van der Waals surface area contributed by atoms with Crippen LogP contribution in [0.4, 0.5) is 8.78 Å². The Balaban J connectivity index is 1.82. The molecule has 0 bridgehead atoms. The van der Waals surface area contributed by atoms with Crippen LogP contribution in [-0.4, -0.2) is 20.6 Å². The van der Waals surface area contributed by atoms with Crippen molar-refractivity contribution >= 4 is 15.7 Å². The van der Waals surface area contributed by atoms with Gasteiger partial charge in [-0.2, -0.15) is 0 Å². The topological polar surface area (TPSA) is 63.2 Å². The Labute approximate surface area is 174 Å². The lowest BCUT2D eigenvalue weighted by atomic mass is 9.98. The Morgan fingerprint density at radius 3 is 2.13 bits per heavy atom. The number of carbonyl (C=O) groups is 1. The van der Waals surface area contributed by atoms with Gasteiger partial charge in [0.15, 0.2) is 9.84 Å². The van der Waals surface area contributed by atoms with Gasteiger partial charge < -0.3 is 5.32 Å². The molecule has 1 unspecified atom stereocenters. The van der Waals surface area contributed by atoms with Gasteiger partial charge in [-0.1, -0.05) is 36.4 Å². The Hall–Kier alpha value is -3.06. The fourth-order valence-electron chi connectivity index (χ4n) is 3.17. The third kappa shape index (κ3) is 6.22. The molecule has 30 heavy (non-hydrogen) atoms. The number of carbonyl (C=O) groups excluding carboxylic acids is 1. The summed E-state index contributed by atoms with van der Waals surface area (Å²) in [5.41, 5.74) is 2.14. The van der Waals surface area contributed by atoms with E-state index in [0.29, 0.717) is 22.3 Å². The van der Waals surface area contributed by atoms with E-state index in [0.717, 1.165) is 6.26 Å². The van der Waals surface area contributed by atoms with Crippen molar-refractivity contribution in [3.63, 3.8) is 0 Å². The van der Waals surface area contributed by atoms with E-state index in [1.165, 1.54) is 24.3 Å². The van der Waals surface area contributed by atoms with E-state index in [9.17, 15) is 22.0 Å². The second-order valence-corrected chi connectivity index (χ2v) is 9.32. The predicted octanol–water partition coefficient (Wildman–Crippen LogP) is 4.22. The molecule has 4 nitrogen and oxygen atoms in total. The zero-order valence-corrected chi connectivity index (χ0v) is 17.1. The van der Waals surface area contributed by atoms with Gasteiger partial charge in [-0.3, -0.25) is 4.79 Å². The third-order valence-electron chi connectivity index (χ3n) is 4.53. The third-order valence-corrected chi connectivity index (χ3v) is 5.39. The summed E-state index contributed by atoms with van der Waals surface area (Å²) in [6, 6.07) is 17.6. The molecule has 1 amide bonds. The first kappa shape index (κ1) is 21.6. The molecule has 156 valence electrons. The molecule has 0 aromatic heterocycles. The molecule has 1 N–H and O–H groups in total. The van der Waals surface area contributed by atoms with Crippen molar-refractivity contribution in [2.75, 3.05) is 6.26 Å². The molecule has 0 saturated heterocycles. The second-order valence-electron chi connectivity index (χ2n) is 7.18. The molecule has 1 atom stereocenters. The van der Waals surface area contributed by atoms with Crippen LogP contribution in [-0.2, 0) is 22.0 Å². The minimum Gasteiger partial charge on any atom is -0.345 e. The largest absolute Gasteiger partial charge is 0.345 e. The molecule has 0 aliphatic carbocycles. The molecular weight excluding hydrogens is 408 g/mol. The molecule has 0 heterocycles. The Morgan fingerprint density at radius 1 is 0.900 bits per heavy atom. The van der Waals surface area contributed by atoms with Crippen LogP contribution >= 0.6 is 0 Å². The summed E-state index contributed by atoms with van der Waals surface area (Å²) in [7, 11) is -3.17. The van der Waals surface area contributed by atoms with Gasteiger partial charge in [-0.15, -0.1) is 0 Å². The number of amides is 1. The molecule has 3 aromatic carbocycles. The molecule has 0 radical (unpaired) electrons. The standard InChI is InChI=1S/C23H21F2NO3S/c1-30(28,29)15-16-8-10-18(11-9-16)23(27)26-22(19-5-3-7-21(25)14-19)13-17-4-2-6-20(24)12-17/h2-12,14,22H,13,15H2,1H3,(H,26,27). The lowest BCUT2D eigenvalue weighted by molar-refractivity contribution is 0.0936. The zero-order chi connectivity index (χ0) is 21.7. The van der Waals surface area contributed by atoms with Crippen LogP contribution in [0.1, 0.15) is 33.1 Å². The van der Waals surface area contributed by atoms with E-state index in [-0.39, 0.29) is 12.2 Å². The van der Waals surface area contributed by atoms with E-state index in [4.69, 9.17) is 0 Å². The van der Waals surface area contributed by atoms with Crippen molar-refractivity contribution in [3.05, 3.63) is 107 Å². The van der Waals surface area contributed by atoms with Crippen molar-refractivity contribution in [3.8, 4) is 0 Å². The molecule has 3 aromatic rings. The summed E-state index contributed by atoms with van der Waals surface area (Å²) >= 11 is 0. The van der Waals surface area contributed by atoms with Gasteiger partial charge in [0.1, 0.15) is 11.6 Å². The highest BCUT2D eigenvalue weighted by Gasteiger charge is 2.18. The van der Waals surface area contributed by atoms with Gasteiger partial charge in [-0.25, -0.2) is 17.2 Å². The molecule has 0 fully saturated rings. The van der Waals surface area contributed by atoms with Crippen molar-refractivity contribution in [1.82, 2.24) is 5.32 Å². The highest BCUT2D eigenvalue weighted by molar-refractivity contribution is 7.89. The van der Waals surface area contributed by atoms with Crippen LogP contribution < -0.4 is 5.32 Å². The summed E-state index contributed by atoms with van der Waals surface area (Å²) in [5.74, 6) is -1.33. The van der Waals surface area contributed by atoms with Crippen LogP contribution in [0, 0.1) is 11.6 Å². The van der Waals surface area contributed by atoms with Crippen LogP contribution in [0.2, 0.25) is 0 Å². The Morgan fingerprint density at radius 2 is 1.53 bits per heavy atom. The van der Waals surface area contributed by atoms with Crippen molar-refractivity contribution in [2.45, 2.75) is 18.2 Å². The quantitative estimate of drug-likeness (QED) is 0.612. The maximum atomic E-state index is 13.7. The highest BCUT2D eigenvalue weighted by Crippen LogP contribution is 2.21. The van der Waals surface area contributed by atoms with Gasteiger partial charge in [0.05, 0.1) is 11.8 Å². The fraction of sp³-hybridized carbons (Fsp3) is 0.174. The summed E-state index contributed by atoms with van der Waals surface area (Å²) < 4.78 is 50.1. The molecule has 0 aliphatic rings. The number of sulfone groups is 1. The molecule has 0 aliphatic heterocycles. The summed E-state index contributed by atoms with van der Waals surface area (Å²) in [5, 5.41) is 2.87. The van der Waals surface area contributed by atoms with E-state index in [1.807, 2.05) is 0 Å². The molecule has 0 saturated carbocycles. The Kier molecular flexibility index (Phi) is 6.62. The molecule has 3 rings (SSSR count). The van der Waals surface area contributed by atoms with E-state index in [1.54, 1.807) is 48.5 Å². The summed E-state index contributed by atoms with van der Waals surface area (Å²) in [6.07, 6.45) is 1.42. The number of rotatable bonds is 7. The fourth-order valence-corrected chi connectivity index (χ4v) is 3.97. The minimum atomic E-state index is -3.17. The number of hydrogen-bond acceptors (Lipinski definition) is 3. The molecular formula is C23H21F2NO3S. The number of nitrogens with one attached hydrogen (secondary N) is 1. The first-order chi connectivity index (χ1) is 14.2. The van der Waals surface area contributed by atoms with E-state index >= 15 is 0 Å². The average Bonchev–Trinajstić information content (AvgIpc) is 2.67. The van der Waals surface area contributed by atoms with Gasteiger partial charge >= 0.3 is 0 Å². The highest BCUT2D eigenvalue weighted by atomic mass is 32.2. The minimum absolute atomic E-state index is 0.111. The van der Waals surface area contributed by atoms with Crippen LogP contribution in [0.3, 0.4) is 0 Å². The van der Waals surface area contributed by atoms with Crippen LogP contribution in [0.25, 0.3) is 0 Å². The number of benzene rings is 3. The number of hydrogen-bond donors (Lipinski definition) is 1. The maximum absolute atomic E-state index is 13.7. The van der Waals surface area contributed by atoms with E-state index in [2.05, 4.69) is 5.32 Å². The second kappa shape index (κ2) is 9.17. The lowest BCUT2D eigenvalue weighted by Crippen LogP contribution is -2.30. The normalized spacial score (nSPS) is 12.4. The summed E-state index contributed by atoms with van der Waals surface area (Å²) in [6.45, 7) is 0. The van der Waals surface area contributed by atoms with E-state index < -0.39 is 33.4 Å². The maximum Gasteiger partial charge on any atom is 0.251 e. The van der Waals surface area contributed by atoms with Gasteiger partial charge in [0.25, 0.3) is 5.91 Å². The Bertz CT molecular complexity index is 1150. The smallest absolute Gasteiger partial charge is 0.251 e. The first-order valence-electron chi connectivity index (χ1n) is 9.27. The molecule has 7 heteroatoms. The number of halogens is 2. The SMILES string of the molecule is CS(=O)(=O)Cc1ccc(C(=O)NC(Cc2cccc(F)c2)c2cccc(F)c2)cc1. The summed E-state index contributed by atoms with van der Waals surface area (Å²) in [4.78, 5) is 12.8. The van der Waals surface area contributed by atoms with Crippen molar-refractivity contribution in [2.24, 2.45) is 0 Å². The lowest BCUT2D eigenvalue weighted by Gasteiger charge is -2.20. The predicted molar refractivity (Wildman–Crippen MR) is 112 cm³/mol.